The Balaban J connectivity index is 1.56. The molecule has 1 aromatic heterocycles. The van der Waals surface area contributed by atoms with Crippen LogP contribution in [0.3, 0.4) is 0 Å². The minimum atomic E-state index is 0.686. The van der Waals surface area contributed by atoms with E-state index in [1.54, 1.807) is 0 Å². The van der Waals surface area contributed by atoms with Crippen molar-refractivity contribution in [1.82, 2.24) is 14.9 Å². The van der Waals surface area contributed by atoms with Gasteiger partial charge < -0.3 is 14.6 Å². The summed E-state index contributed by atoms with van der Waals surface area (Å²) in [6.07, 6.45) is 6.82. The molecular formula is C17H23N3O. The number of fused-ring (bicyclic) bond motifs is 1. The van der Waals surface area contributed by atoms with Crippen LogP contribution in [0.15, 0.2) is 30.6 Å². The first-order valence-electron chi connectivity index (χ1n) is 7.76. The molecule has 3 rings (SSSR count). The lowest BCUT2D eigenvalue weighted by Crippen LogP contribution is -2.13. The van der Waals surface area contributed by atoms with Crippen LogP contribution in [-0.4, -0.2) is 23.2 Å². The van der Waals surface area contributed by atoms with E-state index < -0.39 is 0 Å². The summed E-state index contributed by atoms with van der Waals surface area (Å²) in [5, 5.41) is 3.16. The van der Waals surface area contributed by atoms with Crippen LogP contribution in [0.4, 0.5) is 0 Å². The van der Waals surface area contributed by atoms with Gasteiger partial charge in [0, 0.05) is 12.2 Å². The van der Waals surface area contributed by atoms with E-state index in [-0.39, 0.29) is 0 Å². The molecular weight excluding hydrogens is 262 g/mol. The number of nitrogens with one attached hydrogen (secondary N) is 1. The van der Waals surface area contributed by atoms with E-state index in [2.05, 4.69) is 27.0 Å². The first-order valence-corrected chi connectivity index (χ1v) is 7.76. The molecule has 112 valence electrons. The number of hydrogen-bond acceptors (Lipinski definition) is 3. The van der Waals surface area contributed by atoms with Crippen molar-refractivity contribution < 1.29 is 4.74 Å². The van der Waals surface area contributed by atoms with Gasteiger partial charge in [-0.15, -0.1) is 0 Å². The number of ether oxygens (including phenoxy) is 1. The monoisotopic (exact) mass is 285 g/mol. The summed E-state index contributed by atoms with van der Waals surface area (Å²) in [6.45, 7) is 2.43. The van der Waals surface area contributed by atoms with Crippen LogP contribution >= 0.6 is 0 Å². The topological polar surface area (TPSA) is 39.1 Å². The summed E-state index contributed by atoms with van der Waals surface area (Å²) in [5.74, 6) is 0.941. The number of aromatic nitrogens is 2. The fourth-order valence-corrected chi connectivity index (χ4v) is 2.93. The summed E-state index contributed by atoms with van der Waals surface area (Å²) < 4.78 is 8.14. The van der Waals surface area contributed by atoms with Gasteiger partial charge in [0.25, 0.3) is 0 Å². The molecule has 1 heterocycles. The Bertz CT molecular complexity index is 591. The summed E-state index contributed by atoms with van der Waals surface area (Å²) in [5.41, 5.74) is 3.95. The molecule has 0 saturated carbocycles. The molecule has 0 spiro atoms. The third kappa shape index (κ3) is 3.45. The van der Waals surface area contributed by atoms with E-state index in [0.29, 0.717) is 6.61 Å². The number of imidazole rings is 1. The molecule has 0 radical (unpaired) electrons. The maximum atomic E-state index is 5.88. The fourth-order valence-electron chi connectivity index (χ4n) is 2.93. The Morgan fingerprint density at radius 2 is 2.19 bits per heavy atom. The smallest absolute Gasteiger partial charge is 0.119 e. The van der Waals surface area contributed by atoms with Crippen molar-refractivity contribution in [2.75, 3.05) is 13.7 Å². The lowest BCUT2D eigenvalue weighted by molar-refractivity contribution is 0.295. The van der Waals surface area contributed by atoms with E-state index in [1.807, 2.05) is 25.5 Å². The lowest BCUT2D eigenvalue weighted by atomic mass is 10.0. The number of nitrogens with zero attached hydrogens (tertiary/aromatic N) is 2. The van der Waals surface area contributed by atoms with Crippen LogP contribution in [0.2, 0.25) is 0 Å². The zero-order chi connectivity index (χ0) is 14.5. The second-order valence-corrected chi connectivity index (χ2v) is 5.56. The quantitative estimate of drug-likeness (QED) is 0.886. The van der Waals surface area contributed by atoms with Crippen molar-refractivity contribution in [2.24, 2.45) is 0 Å². The minimum absolute atomic E-state index is 0.686. The van der Waals surface area contributed by atoms with Gasteiger partial charge in [0.1, 0.15) is 12.4 Å². The minimum Gasteiger partial charge on any atom is -0.492 e. The van der Waals surface area contributed by atoms with Gasteiger partial charge in [-0.05, 0) is 50.4 Å². The van der Waals surface area contributed by atoms with E-state index in [0.717, 1.165) is 31.7 Å². The Labute approximate surface area is 126 Å². The molecule has 1 aliphatic rings. The Kier molecular flexibility index (Phi) is 4.55. The number of aryl methyl sites for hydroxylation is 1. The van der Waals surface area contributed by atoms with Crippen LogP contribution in [0.5, 0.6) is 5.75 Å². The summed E-state index contributed by atoms with van der Waals surface area (Å²) in [6, 6.07) is 8.26. The summed E-state index contributed by atoms with van der Waals surface area (Å²) in [4.78, 5) is 4.52. The standard InChI is InChI=1S/C17H23N3O/c1-18-12-14-5-4-6-15(11-14)21-10-9-20-13-19-16-7-2-3-8-17(16)20/h4-6,11,13,18H,2-3,7-10,12H2,1H3. The maximum absolute atomic E-state index is 5.88. The van der Waals surface area contributed by atoms with Crippen molar-refractivity contribution in [3.8, 4) is 5.75 Å². The Morgan fingerprint density at radius 1 is 1.29 bits per heavy atom. The van der Waals surface area contributed by atoms with Crippen LogP contribution < -0.4 is 10.1 Å². The van der Waals surface area contributed by atoms with Gasteiger partial charge in [0.15, 0.2) is 0 Å². The van der Waals surface area contributed by atoms with Crippen molar-refractivity contribution in [2.45, 2.75) is 38.8 Å². The van der Waals surface area contributed by atoms with E-state index in [1.165, 1.54) is 29.8 Å². The van der Waals surface area contributed by atoms with E-state index >= 15 is 0 Å². The predicted molar refractivity (Wildman–Crippen MR) is 83.6 cm³/mol. The molecule has 1 aliphatic carbocycles. The van der Waals surface area contributed by atoms with E-state index in [4.69, 9.17) is 4.74 Å². The molecule has 0 bridgehead atoms. The molecule has 0 amide bonds. The second-order valence-electron chi connectivity index (χ2n) is 5.56. The van der Waals surface area contributed by atoms with Crippen LogP contribution in [0, 0.1) is 0 Å². The molecule has 1 N–H and O–H groups in total. The highest BCUT2D eigenvalue weighted by Gasteiger charge is 2.14. The molecule has 1 aromatic carbocycles. The highest BCUT2D eigenvalue weighted by molar-refractivity contribution is 5.28. The summed E-state index contributed by atoms with van der Waals surface area (Å²) in [7, 11) is 1.95. The van der Waals surface area contributed by atoms with Gasteiger partial charge in [-0.2, -0.15) is 0 Å². The third-order valence-corrected chi connectivity index (χ3v) is 3.99. The lowest BCUT2D eigenvalue weighted by Gasteiger charge is -2.14. The van der Waals surface area contributed by atoms with Crippen molar-refractivity contribution in [3.63, 3.8) is 0 Å². The zero-order valence-electron chi connectivity index (χ0n) is 12.6. The first kappa shape index (κ1) is 14.1. The molecule has 21 heavy (non-hydrogen) atoms. The zero-order valence-corrected chi connectivity index (χ0v) is 12.6. The maximum Gasteiger partial charge on any atom is 0.119 e. The second kappa shape index (κ2) is 6.76. The van der Waals surface area contributed by atoms with Gasteiger partial charge in [-0.25, -0.2) is 4.98 Å². The van der Waals surface area contributed by atoms with Gasteiger partial charge in [-0.1, -0.05) is 12.1 Å². The van der Waals surface area contributed by atoms with E-state index in [9.17, 15) is 0 Å². The Morgan fingerprint density at radius 3 is 3.10 bits per heavy atom. The number of hydrogen-bond donors (Lipinski definition) is 1. The van der Waals surface area contributed by atoms with Crippen molar-refractivity contribution in [3.05, 3.63) is 47.5 Å². The van der Waals surface area contributed by atoms with Gasteiger partial charge >= 0.3 is 0 Å². The SMILES string of the molecule is CNCc1cccc(OCCn2cnc3c2CCCC3)c1. The molecule has 0 saturated heterocycles. The summed E-state index contributed by atoms with van der Waals surface area (Å²) >= 11 is 0. The average Bonchev–Trinajstić information content (AvgIpc) is 2.92. The molecule has 0 unspecified atom stereocenters. The predicted octanol–water partition coefficient (Wildman–Crippen LogP) is 2.56. The van der Waals surface area contributed by atoms with Crippen LogP contribution in [0.1, 0.15) is 29.8 Å². The molecule has 0 fully saturated rings. The number of benzene rings is 1. The number of rotatable bonds is 6. The van der Waals surface area contributed by atoms with Gasteiger partial charge in [-0.3, -0.25) is 0 Å². The van der Waals surface area contributed by atoms with Gasteiger partial charge in [0.05, 0.1) is 18.6 Å². The molecule has 2 aromatic rings. The molecule has 0 aliphatic heterocycles. The van der Waals surface area contributed by atoms with Gasteiger partial charge in [0.2, 0.25) is 0 Å². The molecule has 0 atom stereocenters. The largest absolute Gasteiger partial charge is 0.492 e. The van der Waals surface area contributed by atoms with Crippen LogP contribution in [-0.2, 0) is 25.9 Å². The molecule has 4 heteroatoms. The third-order valence-electron chi connectivity index (χ3n) is 3.99. The van der Waals surface area contributed by atoms with Crippen molar-refractivity contribution in [1.29, 1.82) is 0 Å². The highest BCUT2D eigenvalue weighted by Crippen LogP contribution is 2.20. The van der Waals surface area contributed by atoms with Crippen molar-refractivity contribution >= 4 is 0 Å². The van der Waals surface area contributed by atoms with Crippen LogP contribution in [0.25, 0.3) is 0 Å². The first-order chi connectivity index (χ1) is 10.4. The fraction of sp³-hybridized carbons (Fsp3) is 0.471. The Hall–Kier alpha value is -1.81. The average molecular weight is 285 g/mol. The highest BCUT2D eigenvalue weighted by atomic mass is 16.5. The molecule has 4 nitrogen and oxygen atoms in total. The normalized spacial score (nSPS) is 14.0.